The number of aromatic nitrogens is 2. The fourth-order valence-electron chi connectivity index (χ4n) is 4.59. The number of aliphatic hydroxyl groups is 1. The second-order valence-electron chi connectivity index (χ2n) is 8.96. The van der Waals surface area contributed by atoms with Crippen LogP contribution in [0, 0.1) is 11.8 Å². The van der Waals surface area contributed by atoms with E-state index >= 15 is 0 Å². The topological polar surface area (TPSA) is 76.5 Å². The summed E-state index contributed by atoms with van der Waals surface area (Å²) < 4.78 is 14.0. The van der Waals surface area contributed by atoms with Gasteiger partial charge in [-0.3, -0.25) is 14.6 Å². The van der Waals surface area contributed by atoms with Crippen LogP contribution >= 0.6 is 0 Å². The Kier molecular flexibility index (Phi) is 3.50. The molecule has 0 aromatic carbocycles. The second kappa shape index (κ2) is 5.12. The largest absolute Gasteiger partial charge is 0.490 e. The number of aromatic amines is 1. The average molecular weight is 346 g/mol. The highest BCUT2D eigenvalue weighted by atomic mass is 16.7. The van der Waals surface area contributed by atoms with Crippen LogP contribution in [0.1, 0.15) is 52.7 Å². The van der Waals surface area contributed by atoms with Crippen molar-refractivity contribution in [1.82, 2.24) is 9.78 Å². The molecule has 7 heteroatoms. The molecule has 25 heavy (non-hydrogen) atoms. The summed E-state index contributed by atoms with van der Waals surface area (Å²) in [5, 5.41) is 13.8. The van der Waals surface area contributed by atoms with Crippen molar-refractivity contribution in [2.45, 2.75) is 63.8 Å². The van der Waals surface area contributed by atoms with Gasteiger partial charge in [0.2, 0.25) is 0 Å². The number of hydrogen-bond donors (Lipinski definition) is 2. The highest BCUT2D eigenvalue weighted by Gasteiger charge is 2.55. The number of nitrogens with zero attached hydrogens (tertiary/aromatic N) is 1. The maximum Gasteiger partial charge on any atom is 0.490 e. The van der Waals surface area contributed by atoms with Crippen molar-refractivity contribution in [1.29, 1.82) is 0 Å². The van der Waals surface area contributed by atoms with Gasteiger partial charge in [-0.05, 0) is 64.3 Å². The Morgan fingerprint density at radius 1 is 1.24 bits per heavy atom. The second-order valence-corrected chi connectivity index (χ2v) is 8.96. The Morgan fingerprint density at radius 3 is 2.40 bits per heavy atom. The molecule has 1 aromatic heterocycles. The summed E-state index contributed by atoms with van der Waals surface area (Å²) in [6.45, 7) is 8.26. The third kappa shape index (κ3) is 2.55. The minimum absolute atomic E-state index is 0.170. The van der Waals surface area contributed by atoms with E-state index in [-0.39, 0.29) is 23.9 Å². The summed E-state index contributed by atoms with van der Waals surface area (Å²) in [5.74, 6) is 0.660. The van der Waals surface area contributed by atoms with Gasteiger partial charge in [0.15, 0.2) is 0 Å². The van der Waals surface area contributed by atoms with Crippen LogP contribution in [0.25, 0.3) is 0 Å². The Balaban J connectivity index is 1.53. The van der Waals surface area contributed by atoms with Crippen molar-refractivity contribution < 1.29 is 14.4 Å². The molecular weight excluding hydrogens is 319 g/mol. The third-order valence-electron chi connectivity index (χ3n) is 6.64. The summed E-state index contributed by atoms with van der Waals surface area (Å²) in [5.41, 5.74) is 0.0922. The normalized spacial score (nSPS) is 35.9. The molecular formula is C18H27BN2O4. The van der Waals surface area contributed by atoms with Crippen LogP contribution in [-0.4, -0.2) is 33.2 Å². The summed E-state index contributed by atoms with van der Waals surface area (Å²) in [4.78, 5) is 11.6. The number of rotatable bonds is 2. The first-order chi connectivity index (χ1) is 11.5. The van der Waals surface area contributed by atoms with E-state index in [9.17, 15) is 9.90 Å². The minimum Gasteiger partial charge on any atom is -0.400 e. The smallest absolute Gasteiger partial charge is 0.400 e. The van der Waals surface area contributed by atoms with E-state index in [1.807, 2.05) is 0 Å². The molecule has 1 saturated carbocycles. The van der Waals surface area contributed by atoms with Crippen LogP contribution in [-0.2, 0) is 22.0 Å². The minimum atomic E-state index is -0.943. The molecule has 3 atom stereocenters. The molecule has 6 nitrogen and oxygen atoms in total. The number of aryl methyl sites for hydroxylation is 1. The molecule has 1 aromatic rings. The Bertz CT molecular complexity index is 777. The van der Waals surface area contributed by atoms with Crippen molar-refractivity contribution >= 4 is 7.12 Å². The number of H-pyrrole nitrogens is 1. The lowest BCUT2D eigenvalue weighted by atomic mass is 9.76. The summed E-state index contributed by atoms with van der Waals surface area (Å²) >= 11 is 0. The zero-order chi connectivity index (χ0) is 18.2. The highest BCUT2D eigenvalue weighted by molar-refractivity contribution is 6.54. The van der Waals surface area contributed by atoms with Gasteiger partial charge >= 0.3 is 7.12 Å². The molecule has 1 saturated heterocycles. The number of fused-ring (bicyclic) bond motifs is 1. The fourth-order valence-corrected chi connectivity index (χ4v) is 4.59. The Morgan fingerprint density at radius 2 is 1.88 bits per heavy atom. The van der Waals surface area contributed by atoms with Crippen LogP contribution in [0.4, 0.5) is 0 Å². The van der Waals surface area contributed by atoms with Crippen molar-refractivity contribution in [3.8, 4) is 0 Å². The van der Waals surface area contributed by atoms with Crippen molar-refractivity contribution in [2.24, 2.45) is 18.9 Å². The molecule has 0 bridgehead atoms. The van der Waals surface area contributed by atoms with E-state index in [2.05, 4.69) is 38.9 Å². The first-order valence-electron chi connectivity index (χ1n) is 9.06. The molecule has 0 spiro atoms. The molecule has 3 unspecified atom stereocenters. The van der Waals surface area contributed by atoms with E-state index in [4.69, 9.17) is 9.31 Å². The maximum atomic E-state index is 11.6. The molecule has 4 rings (SSSR count). The number of hydrogen-bond acceptors (Lipinski definition) is 4. The van der Waals surface area contributed by atoms with Gasteiger partial charge in [0.25, 0.3) is 5.56 Å². The van der Waals surface area contributed by atoms with Gasteiger partial charge < -0.3 is 14.4 Å². The van der Waals surface area contributed by atoms with Gasteiger partial charge in [-0.15, -0.1) is 0 Å². The Hall–Kier alpha value is -1.31. The van der Waals surface area contributed by atoms with Gasteiger partial charge in [0.1, 0.15) is 5.60 Å². The first-order valence-corrected chi connectivity index (χ1v) is 9.06. The molecule has 2 aliphatic carbocycles. The standard InChI is InChI=1S/C18H27BN2O4/c1-16(2)17(3,4)25-19(24-16)13-6-11-9-18(23,10-12(11)7-13)14-8-15(22)20-21(14)5/h6,8,11-12,23H,7,9-10H2,1-5H3,(H,20,22). The van der Waals surface area contributed by atoms with Gasteiger partial charge in [-0.25, -0.2) is 0 Å². The van der Waals surface area contributed by atoms with Crippen LogP contribution in [0.5, 0.6) is 0 Å². The number of allylic oxidation sites excluding steroid dienone is 2. The molecule has 2 N–H and O–H groups in total. The molecule has 3 aliphatic rings. The summed E-state index contributed by atoms with van der Waals surface area (Å²) in [6, 6.07) is 1.51. The van der Waals surface area contributed by atoms with Gasteiger partial charge in [0, 0.05) is 13.1 Å². The van der Waals surface area contributed by atoms with E-state index in [1.54, 1.807) is 11.7 Å². The van der Waals surface area contributed by atoms with Crippen LogP contribution < -0.4 is 5.56 Å². The predicted octanol–water partition coefficient (Wildman–Crippen LogP) is 1.89. The monoisotopic (exact) mass is 346 g/mol. The molecule has 0 amide bonds. The molecule has 2 heterocycles. The highest BCUT2D eigenvalue weighted by Crippen LogP contribution is 2.53. The molecule has 1 aliphatic heterocycles. The van der Waals surface area contributed by atoms with Gasteiger partial charge in [-0.1, -0.05) is 6.08 Å². The average Bonchev–Trinajstić information content (AvgIpc) is 3.12. The summed E-state index contributed by atoms with van der Waals surface area (Å²) in [6.07, 6.45) is 4.39. The lowest BCUT2D eigenvalue weighted by molar-refractivity contribution is 0.00578. The summed E-state index contributed by atoms with van der Waals surface area (Å²) in [7, 11) is 1.48. The lowest BCUT2D eigenvalue weighted by Gasteiger charge is -2.32. The maximum absolute atomic E-state index is 11.6. The molecule has 0 radical (unpaired) electrons. The van der Waals surface area contributed by atoms with Crippen LogP contribution in [0.15, 0.2) is 22.4 Å². The van der Waals surface area contributed by atoms with Crippen molar-refractivity contribution in [2.75, 3.05) is 0 Å². The van der Waals surface area contributed by atoms with E-state index in [1.165, 1.54) is 11.5 Å². The van der Waals surface area contributed by atoms with Gasteiger partial charge in [-0.2, -0.15) is 0 Å². The SMILES string of the molecule is Cn1[nH]c(=O)cc1C1(O)CC2C=C(B3OC(C)(C)C(C)(C)O3)CC2C1. The molecule has 136 valence electrons. The van der Waals surface area contributed by atoms with Crippen molar-refractivity contribution in [3.63, 3.8) is 0 Å². The van der Waals surface area contributed by atoms with Crippen LogP contribution in [0.3, 0.4) is 0 Å². The quantitative estimate of drug-likeness (QED) is 0.802. The predicted molar refractivity (Wildman–Crippen MR) is 94.9 cm³/mol. The van der Waals surface area contributed by atoms with E-state index < -0.39 is 5.60 Å². The van der Waals surface area contributed by atoms with Crippen LogP contribution in [0.2, 0.25) is 0 Å². The van der Waals surface area contributed by atoms with E-state index in [0.717, 1.165) is 6.42 Å². The molecule has 2 fully saturated rings. The first kappa shape index (κ1) is 17.1. The van der Waals surface area contributed by atoms with E-state index in [0.29, 0.717) is 30.4 Å². The lowest BCUT2D eigenvalue weighted by Crippen LogP contribution is -2.41. The third-order valence-corrected chi connectivity index (χ3v) is 6.64. The Labute approximate surface area is 148 Å². The zero-order valence-corrected chi connectivity index (χ0v) is 15.6. The van der Waals surface area contributed by atoms with Crippen molar-refractivity contribution in [3.05, 3.63) is 33.7 Å². The fraction of sp³-hybridized carbons (Fsp3) is 0.722. The van der Waals surface area contributed by atoms with Gasteiger partial charge in [0.05, 0.1) is 16.9 Å². The number of nitrogens with one attached hydrogen (secondary N) is 1. The zero-order valence-electron chi connectivity index (χ0n) is 15.6.